The minimum atomic E-state index is 0.929. The van der Waals surface area contributed by atoms with E-state index in [4.69, 9.17) is 0 Å². The summed E-state index contributed by atoms with van der Waals surface area (Å²) in [5, 5.41) is 3.34. The quantitative estimate of drug-likeness (QED) is 0.881. The molecule has 0 bridgehead atoms. The lowest BCUT2D eigenvalue weighted by Gasteiger charge is -2.16. The van der Waals surface area contributed by atoms with Crippen molar-refractivity contribution in [1.82, 2.24) is 14.9 Å². The molecule has 4 heteroatoms. The Morgan fingerprint density at radius 3 is 3.00 bits per heavy atom. The number of imidazole rings is 1. The molecule has 1 aromatic heterocycles. The maximum atomic E-state index is 4.30. The van der Waals surface area contributed by atoms with Crippen LogP contribution in [0.4, 0.5) is 0 Å². The fraction of sp³-hybridized carbons (Fsp3) is 0.267. The van der Waals surface area contributed by atoms with Crippen molar-refractivity contribution >= 4 is 15.9 Å². The fourth-order valence-electron chi connectivity index (χ4n) is 2.37. The summed E-state index contributed by atoms with van der Waals surface area (Å²) in [6.45, 7) is 2.98. The molecule has 0 saturated carbocycles. The zero-order valence-electron chi connectivity index (χ0n) is 10.6. The number of aromatic nitrogens is 2. The van der Waals surface area contributed by atoms with E-state index in [2.05, 4.69) is 55.1 Å². The van der Waals surface area contributed by atoms with E-state index in [9.17, 15) is 0 Å². The van der Waals surface area contributed by atoms with Crippen LogP contribution >= 0.6 is 15.9 Å². The Hall–Kier alpha value is -1.39. The molecule has 0 spiro atoms. The Bertz CT molecular complexity index is 601. The van der Waals surface area contributed by atoms with E-state index in [1.54, 1.807) is 0 Å². The number of halogens is 1. The Kier molecular flexibility index (Phi) is 3.80. The molecule has 1 N–H and O–H groups in total. The zero-order valence-corrected chi connectivity index (χ0v) is 12.2. The topological polar surface area (TPSA) is 29.9 Å². The number of nitrogens with zero attached hydrogens (tertiary/aromatic N) is 2. The van der Waals surface area contributed by atoms with Gasteiger partial charge in [0.25, 0.3) is 0 Å². The van der Waals surface area contributed by atoms with Crippen LogP contribution in [0.3, 0.4) is 0 Å². The van der Waals surface area contributed by atoms with Gasteiger partial charge in [-0.25, -0.2) is 4.98 Å². The van der Waals surface area contributed by atoms with E-state index in [0.717, 1.165) is 36.2 Å². The van der Waals surface area contributed by atoms with Crippen LogP contribution < -0.4 is 5.32 Å². The first-order chi connectivity index (χ1) is 9.34. The second-order valence-corrected chi connectivity index (χ2v) is 5.56. The molecule has 0 aliphatic carbocycles. The van der Waals surface area contributed by atoms with Crippen molar-refractivity contribution in [1.29, 1.82) is 0 Å². The van der Waals surface area contributed by atoms with Crippen molar-refractivity contribution in [2.24, 2.45) is 0 Å². The molecule has 1 aliphatic heterocycles. The van der Waals surface area contributed by atoms with Crippen LogP contribution in [0.2, 0.25) is 0 Å². The van der Waals surface area contributed by atoms with E-state index in [1.165, 1.54) is 11.1 Å². The maximum Gasteiger partial charge on any atom is 0.0954 e. The standard InChI is InChI=1S/C15H16BrN3/c16-14-4-2-1-3-13(14)15-9-18-11-19(15)10-12-5-7-17-8-6-12/h1-5,9,11,17H,6-8,10H2. The molecule has 0 saturated heterocycles. The highest BCUT2D eigenvalue weighted by Crippen LogP contribution is 2.28. The molecule has 0 amide bonds. The molecule has 2 aromatic rings. The summed E-state index contributed by atoms with van der Waals surface area (Å²) < 4.78 is 3.33. The number of rotatable bonds is 3. The van der Waals surface area contributed by atoms with Crippen molar-refractivity contribution in [3.63, 3.8) is 0 Å². The summed E-state index contributed by atoms with van der Waals surface area (Å²) in [6.07, 6.45) is 7.25. The highest BCUT2D eigenvalue weighted by molar-refractivity contribution is 9.10. The highest BCUT2D eigenvalue weighted by Gasteiger charge is 2.10. The highest BCUT2D eigenvalue weighted by atomic mass is 79.9. The lowest BCUT2D eigenvalue weighted by Crippen LogP contribution is -2.22. The van der Waals surface area contributed by atoms with Gasteiger partial charge in [-0.2, -0.15) is 0 Å². The smallest absolute Gasteiger partial charge is 0.0954 e. The first kappa shape index (κ1) is 12.6. The van der Waals surface area contributed by atoms with E-state index in [0.29, 0.717) is 0 Å². The zero-order chi connectivity index (χ0) is 13.1. The van der Waals surface area contributed by atoms with Crippen molar-refractivity contribution < 1.29 is 0 Å². The molecule has 0 fully saturated rings. The predicted molar refractivity (Wildman–Crippen MR) is 80.9 cm³/mol. The second-order valence-electron chi connectivity index (χ2n) is 4.70. The molecular formula is C15H16BrN3. The molecule has 0 unspecified atom stereocenters. The van der Waals surface area contributed by atoms with Gasteiger partial charge in [-0.3, -0.25) is 0 Å². The minimum Gasteiger partial charge on any atom is -0.326 e. The third kappa shape index (κ3) is 2.80. The molecular weight excluding hydrogens is 302 g/mol. The van der Waals surface area contributed by atoms with Gasteiger partial charge in [0.2, 0.25) is 0 Å². The Balaban J connectivity index is 1.90. The summed E-state index contributed by atoms with van der Waals surface area (Å²) in [7, 11) is 0. The number of nitrogens with one attached hydrogen (secondary N) is 1. The largest absolute Gasteiger partial charge is 0.326 e. The average molecular weight is 318 g/mol. The summed E-state index contributed by atoms with van der Waals surface area (Å²) in [4.78, 5) is 4.30. The van der Waals surface area contributed by atoms with E-state index in [1.807, 2.05) is 18.6 Å². The normalized spacial score (nSPS) is 15.3. The summed E-state index contributed by atoms with van der Waals surface area (Å²) in [5.41, 5.74) is 3.83. The van der Waals surface area contributed by atoms with Gasteiger partial charge in [0, 0.05) is 23.1 Å². The Morgan fingerprint density at radius 2 is 2.21 bits per heavy atom. The van der Waals surface area contributed by atoms with E-state index >= 15 is 0 Å². The first-order valence-electron chi connectivity index (χ1n) is 6.48. The number of hydrogen-bond donors (Lipinski definition) is 1. The van der Waals surface area contributed by atoms with Gasteiger partial charge in [-0.1, -0.05) is 45.8 Å². The van der Waals surface area contributed by atoms with Gasteiger partial charge in [0.1, 0.15) is 0 Å². The maximum absolute atomic E-state index is 4.30. The van der Waals surface area contributed by atoms with Crippen LogP contribution in [0.5, 0.6) is 0 Å². The lowest BCUT2D eigenvalue weighted by atomic mass is 10.1. The summed E-state index contributed by atoms with van der Waals surface area (Å²) in [6, 6.07) is 8.27. The van der Waals surface area contributed by atoms with Gasteiger partial charge in [-0.15, -0.1) is 0 Å². The first-order valence-corrected chi connectivity index (χ1v) is 7.27. The van der Waals surface area contributed by atoms with Crippen molar-refractivity contribution in [3.8, 4) is 11.3 Å². The summed E-state index contributed by atoms with van der Waals surface area (Å²) in [5.74, 6) is 0. The molecule has 3 rings (SSSR count). The fourth-order valence-corrected chi connectivity index (χ4v) is 2.86. The Labute approximate surface area is 121 Å². The lowest BCUT2D eigenvalue weighted by molar-refractivity contribution is 0.652. The summed E-state index contributed by atoms with van der Waals surface area (Å²) >= 11 is 3.61. The van der Waals surface area contributed by atoms with Gasteiger partial charge < -0.3 is 9.88 Å². The van der Waals surface area contributed by atoms with Gasteiger partial charge in [0.15, 0.2) is 0 Å². The molecule has 0 atom stereocenters. The predicted octanol–water partition coefficient (Wildman–Crippen LogP) is 3.23. The third-order valence-electron chi connectivity index (χ3n) is 3.39. The number of benzene rings is 1. The third-order valence-corrected chi connectivity index (χ3v) is 4.09. The monoisotopic (exact) mass is 317 g/mol. The van der Waals surface area contributed by atoms with E-state index in [-0.39, 0.29) is 0 Å². The van der Waals surface area contributed by atoms with Gasteiger partial charge in [-0.05, 0) is 19.0 Å². The van der Waals surface area contributed by atoms with Crippen molar-refractivity contribution in [2.45, 2.75) is 13.0 Å². The van der Waals surface area contributed by atoms with Crippen molar-refractivity contribution in [3.05, 3.63) is 52.9 Å². The van der Waals surface area contributed by atoms with E-state index < -0.39 is 0 Å². The molecule has 19 heavy (non-hydrogen) atoms. The van der Waals surface area contributed by atoms with Gasteiger partial charge in [0.05, 0.1) is 18.2 Å². The SMILES string of the molecule is Brc1ccccc1-c1cncn1CC1=CCNCC1. The molecule has 98 valence electrons. The van der Waals surface area contributed by atoms with Crippen molar-refractivity contribution in [2.75, 3.05) is 13.1 Å². The average Bonchev–Trinajstić information content (AvgIpc) is 2.88. The minimum absolute atomic E-state index is 0.929. The van der Waals surface area contributed by atoms with Crippen LogP contribution in [0.15, 0.2) is 52.9 Å². The van der Waals surface area contributed by atoms with Crippen LogP contribution in [0.1, 0.15) is 6.42 Å². The van der Waals surface area contributed by atoms with Crippen LogP contribution in [-0.2, 0) is 6.54 Å². The molecule has 2 heterocycles. The molecule has 1 aliphatic rings. The van der Waals surface area contributed by atoms with Gasteiger partial charge >= 0.3 is 0 Å². The van der Waals surface area contributed by atoms with Crippen LogP contribution in [0, 0.1) is 0 Å². The second kappa shape index (κ2) is 5.72. The van der Waals surface area contributed by atoms with Crippen LogP contribution in [0.25, 0.3) is 11.3 Å². The van der Waals surface area contributed by atoms with Crippen LogP contribution in [-0.4, -0.2) is 22.6 Å². The molecule has 0 radical (unpaired) electrons. The Morgan fingerprint density at radius 1 is 1.32 bits per heavy atom. The molecule has 3 nitrogen and oxygen atoms in total. The number of hydrogen-bond acceptors (Lipinski definition) is 2. The molecule has 1 aromatic carbocycles.